The molecule has 0 spiro atoms. The van der Waals surface area contributed by atoms with Gasteiger partial charge in [0.25, 0.3) is 0 Å². The lowest BCUT2D eigenvalue weighted by Crippen LogP contribution is -2.38. The highest BCUT2D eigenvalue weighted by molar-refractivity contribution is 5.96. The minimum absolute atomic E-state index is 0.312. The Hall–Kier alpha value is -3.14. The molecule has 2 aromatic heterocycles. The number of halogens is 3. The van der Waals surface area contributed by atoms with Gasteiger partial charge in [-0.25, -0.2) is 9.50 Å². The van der Waals surface area contributed by atoms with Crippen molar-refractivity contribution >= 4 is 23.1 Å². The van der Waals surface area contributed by atoms with Gasteiger partial charge in [-0.2, -0.15) is 13.2 Å². The number of amides is 1. The van der Waals surface area contributed by atoms with E-state index in [9.17, 15) is 23.1 Å². The number of alkyl halides is 3. The number of imidazole rings is 1. The quantitative estimate of drug-likeness (QED) is 0.606. The number of hydrogen-bond acceptors (Lipinski definition) is 5. The van der Waals surface area contributed by atoms with Gasteiger partial charge in [0.05, 0.1) is 29.2 Å². The highest BCUT2D eigenvalue weighted by Crippen LogP contribution is 2.37. The van der Waals surface area contributed by atoms with Crippen molar-refractivity contribution in [2.75, 3.05) is 23.3 Å². The molecule has 1 atom stereocenters. The van der Waals surface area contributed by atoms with Crippen molar-refractivity contribution in [1.29, 1.82) is 0 Å². The average molecular weight is 461 g/mol. The van der Waals surface area contributed by atoms with Crippen LogP contribution in [0, 0.1) is 5.41 Å². The van der Waals surface area contributed by atoms with E-state index < -0.39 is 29.2 Å². The van der Waals surface area contributed by atoms with Crippen LogP contribution in [0.3, 0.4) is 0 Å². The minimum atomic E-state index is -4.62. The summed E-state index contributed by atoms with van der Waals surface area (Å²) in [5.74, 6) is 0.172. The summed E-state index contributed by atoms with van der Waals surface area (Å²) >= 11 is 0. The van der Waals surface area contributed by atoms with Crippen LogP contribution in [0.2, 0.25) is 0 Å². The van der Waals surface area contributed by atoms with Crippen LogP contribution < -0.4 is 10.2 Å². The molecule has 1 saturated heterocycles. The van der Waals surface area contributed by atoms with Crippen LogP contribution in [0.4, 0.5) is 24.7 Å². The zero-order valence-electron chi connectivity index (χ0n) is 18.6. The van der Waals surface area contributed by atoms with Gasteiger partial charge < -0.3 is 15.3 Å². The number of carbonyl (C=O) groups is 1. The van der Waals surface area contributed by atoms with Gasteiger partial charge in [0, 0.05) is 24.1 Å². The molecule has 1 fully saturated rings. The zero-order valence-corrected chi connectivity index (χ0v) is 18.6. The molecule has 1 amide bonds. The highest BCUT2D eigenvalue weighted by atomic mass is 19.4. The number of aromatic nitrogens is 3. The third kappa shape index (κ3) is 4.95. The van der Waals surface area contributed by atoms with Crippen LogP contribution in [0.25, 0.3) is 16.9 Å². The molecule has 0 unspecified atom stereocenters. The molecule has 7 nitrogen and oxygen atoms in total. The average Bonchev–Trinajstić information content (AvgIpc) is 3.15. The lowest BCUT2D eigenvalue weighted by molar-refractivity contribution is -0.137. The predicted octanol–water partition coefficient (Wildman–Crippen LogP) is 4.36. The van der Waals surface area contributed by atoms with E-state index in [2.05, 4.69) is 15.4 Å². The molecule has 0 aliphatic carbocycles. The van der Waals surface area contributed by atoms with Gasteiger partial charge in [-0.05, 0) is 37.1 Å². The number of β-amino-alcohol motifs (C(OH)–C–C–N with tert-alkyl or cyclic N) is 1. The maximum Gasteiger partial charge on any atom is 0.418 e. The van der Waals surface area contributed by atoms with Gasteiger partial charge in [0.2, 0.25) is 5.91 Å². The molecule has 176 valence electrons. The number of carbonyl (C=O) groups excluding carboxylic acids is 1. The molecule has 0 saturated carbocycles. The smallest absolute Gasteiger partial charge is 0.391 e. The summed E-state index contributed by atoms with van der Waals surface area (Å²) in [4.78, 5) is 18.9. The van der Waals surface area contributed by atoms with Crippen molar-refractivity contribution in [3.05, 3.63) is 42.1 Å². The third-order valence-corrected chi connectivity index (χ3v) is 5.58. The van der Waals surface area contributed by atoms with Gasteiger partial charge >= 0.3 is 6.18 Å². The predicted molar refractivity (Wildman–Crippen MR) is 119 cm³/mol. The van der Waals surface area contributed by atoms with Gasteiger partial charge in [0.15, 0.2) is 5.65 Å². The first-order chi connectivity index (χ1) is 15.4. The van der Waals surface area contributed by atoms with E-state index in [-0.39, 0.29) is 5.69 Å². The van der Waals surface area contributed by atoms with Crippen molar-refractivity contribution in [2.45, 2.75) is 45.9 Å². The van der Waals surface area contributed by atoms with Crippen LogP contribution in [0.1, 0.15) is 39.2 Å². The number of rotatable bonds is 3. The number of nitrogens with one attached hydrogen (secondary N) is 1. The monoisotopic (exact) mass is 461 g/mol. The fraction of sp³-hybridized carbons (Fsp3) is 0.435. The molecule has 3 aromatic rings. The van der Waals surface area contributed by atoms with Crippen molar-refractivity contribution in [2.24, 2.45) is 5.41 Å². The molecule has 0 bridgehead atoms. The summed E-state index contributed by atoms with van der Waals surface area (Å²) in [6.07, 6.45) is -1.76. The summed E-state index contributed by atoms with van der Waals surface area (Å²) < 4.78 is 42.2. The first-order valence-corrected chi connectivity index (χ1v) is 10.7. The van der Waals surface area contributed by atoms with Gasteiger partial charge in [-0.15, -0.1) is 5.10 Å². The normalized spacial score (nSPS) is 17.4. The Morgan fingerprint density at radius 3 is 2.61 bits per heavy atom. The van der Waals surface area contributed by atoms with Crippen molar-refractivity contribution in [1.82, 2.24) is 14.6 Å². The second-order valence-electron chi connectivity index (χ2n) is 9.32. The van der Waals surface area contributed by atoms with E-state index in [0.29, 0.717) is 29.3 Å². The number of benzene rings is 1. The SMILES string of the molecule is CC(C)(C)C(=O)Nc1cc(-c2cn3nc(N4CCC[C@@H](O)C4)ccc3n2)ccc1C(F)(F)F. The molecule has 33 heavy (non-hydrogen) atoms. The van der Waals surface area contributed by atoms with Crippen LogP contribution in [0.5, 0.6) is 0 Å². The number of fused-ring (bicyclic) bond motifs is 1. The molecule has 3 heterocycles. The van der Waals surface area contributed by atoms with Crippen LogP contribution >= 0.6 is 0 Å². The topological polar surface area (TPSA) is 82.8 Å². The summed E-state index contributed by atoms with van der Waals surface area (Å²) in [6.45, 7) is 6.17. The van der Waals surface area contributed by atoms with Crippen molar-refractivity contribution in [3.63, 3.8) is 0 Å². The van der Waals surface area contributed by atoms with E-state index in [1.165, 1.54) is 12.1 Å². The Kier molecular flexibility index (Phi) is 5.81. The molecular formula is C23H26F3N5O2. The fourth-order valence-electron chi connectivity index (χ4n) is 3.71. The number of nitrogens with zero attached hydrogens (tertiary/aromatic N) is 4. The summed E-state index contributed by atoms with van der Waals surface area (Å²) in [5, 5.41) is 16.9. The first kappa shape index (κ1) is 23.0. The Balaban J connectivity index is 1.69. The van der Waals surface area contributed by atoms with E-state index in [4.69, 9.17) is 0 Å². The molecule has 10 heteroatoms. The van der Waals surface area contributed by atoms with E-state index in [0.717, 1.165) is 25.5 Å². The van der Waals surface area contributed by atoms with Crippen molar-refractivity contribution in [3.8, 4) is 11.3 Å². The number of aliphatic hydroxyl groups is 1. The molecule has 2 N–H and O–H groups in total. The van der Waals surface area contributed by atoms with Gasteiger partial charge in [0.1, 0.15) is 5.82 Å². The maximum atomic E-state index is 13.5. The van der Waals surface area contributed by atoms with Gasteiger partial charge in [-0.1, -0.05) is 26.8 Å². The molecule has 1 aromatic carbocycles. The maximum absolute atomic E-state index is 13.5. The number of piperidine rings is 1. The second-order valence-corrected chi connectivity index (χ2v) is 9.32. The van der Waals surface area contributed by atoms with E-state index >= 15 is 0 Å². The molecule has 4 rings (SSSR count). The summed E-state index contributed by atoms with van der Waals surface area (Å²) in [7, 11) is 0. The Labute approximate surface area is 189 Å². The second kappa shape index (κ2) is 8.33. The first-order valence-electron chi connectivity index (χ1n) is 10.7. The lowest BCUT2D eigenvalue weighted by atomic mass is 9.95. The molecule has 1 aliphatic heterocycles. The third-order valence-electron chi connectivity index (χ3n) is 5.58. The van der Waals surface area contributed by atoms with Crippen LogP contribution in [-0.4, -0.2) is 44.8 Å². The van der Waals surface area contributed by atoms with Crippen molar-refractivity contribution < 1.29 is 23.1 Å². The summed E-state index contributed by atoms with van der Waals surface area (Å²) in [5.41, 5.74) is -0.702. The van der Waals surface area contributed by atoms with Crippen LogP contribution in [0.15, 0.2) is 36.5 Å². The fourth-order valence-corrected chi connectivity index (χ4v) is 3.71. The largest absolute Gasteiger partial charge is 0.418 e. The van der Waals surface area contributed by atoms with Gasteiger partial charge in [-0.3, -0.25) is 4.79 Å². The standard InChI is InChI=1S/C23H26F3N5O2/c1-22(2,3)21(33)28-17-11-14(6-7-16(17)23(24,25)26)18-13-31-19(27-18)8-9-20(29-31)30-10-4-5-15(32)12-30/h6-9,11,13,15,32H,4-5,10,12H2,1-3H3,(H,28,33)/t15-/m1/s1. The molecule has 1 aliphatic rings. The number of aliphatic hydroxyl groups excluding tert-OH is 1. The minimum Gasteiger partial charge on any atom is -0.391 e. The highest BCUT2D eigenvalue weighted by Gasteiger charge is 2.35. The zero-order chi connectivity index (χ0) is 24.0. The lowest BCUT2D eigenvalue weighted by Gasteiger charge is -2.30. The Morgan fingerprint density at radius 1 is 1.18 bits per heavy atom. The number of anilines is 2. The Bertz CT molecular complexity index is 1180. The van der Waals surface area contributed by atoms with Crippen LogP contribution in [-0.2, 0) is 11.0 Å². The van der Waals surface area contributed by atoms with E-state index in [1.807, 2.05) is 11.0 Å². The Morgan fingerprint density at radius 2 is 1.94 bits per heavy atom. The molecular weight excluding hydrogens is 435 g/mol. The van der Waals surface area contributed by atoms with E-state index in [1.54, 1.807) is 37.5 Å². The summed E-state index contributed by atoms with van der Waals surface area (Å²) in [6, 6.07) is 7.16. The molecule has 0 radical (unpaired) electrons. The number of hydrogen-bond donors (Lipinski definition) is 2.